The summed E-state index contributed by atoms with van der Waals surface area (Å²) in [5, 5.41) is 2.96. The molecule has 2 aromatic heterocycles. The molecule has 3 N–H and O–H groups in total. The SMILES string of the molecule is CN=C/C(=C\N)c1cnc2ccc(=Nc3cc(OC)cc(OC)c3F)n(CC3CCC(=O)N3)c2n1. The molecule has 35 heavy (non-hydrogen) atoms. The summed E-state index contributed by atoms with van der Waals surface area (Å²) in [7, 11) is 4.49. The average Bonchev–Trinajstić information content (AvgIpc) is 3.29. The molecule has 1 aliphatic heterocycles. The normalized spacial score (nSPS) is 16.8. The van der Waals surface area contributed by atoms with Gasteiger partial charge in [0.05, 0.1) is 26.1 Å². The Kier molecular flexibility index (Phi) is 7.04. The van der Waals surface area contributed by atoms with E-state index in [0.717, 1.165) is 0 Å². The van der Waals surface area contributed by atoms with E-state index in [-0.39, 0.29) is 23.4 Å². The van der Waals surface area contributed by atoms with E-state index in [1.165, 1.54) is 32.6 Å². The summed E-state index contributed by atoms with van der Waals surface area (Å²) in [6.07, 6.45) is 5.69. The Labute approximate surface area is 201 Å². The maximum atomic E-state index is 15.1. The van der Waals surface area contributed by atoms with Gasteiger partial charge in [-0.2, -0.15) is 0 Å². The van der Waals surface area contributed by atoms with Crippen molar-refractivity contribution in [2.24, 2.45) is 15.7 Å². The van der Waals surface area contributed by atoms with Crippen LogP contribution in [0, 0.1) is 5.82 Å². The lowest BCUT2D eigenvalue weighted by molar-refractivity contribution is -0.119. The first kappa shape index (κ1) is 23.9. The van der Waals surface area contributed by atoms with Gasteiger partial charge in [0.1, 0.15) is 22.4 Å². The molecule has 1 unspecified atom stereocenters. The molecule has 0 saturated carbocycles. The van der Waals surface area contributed by atoms with Gasteiger partial charge >= 0.3 is 0 Å². The minimum Gasteiger partial charge on any atom is -0.497 e. The molecule has 0 aliphatic carbocycles. The lowest BCUT2D eigenvalue weighted by atomic mass is 10.2. The van der Waals surface area contributed by atoms with Crippen molar-refractivity contribution in [3.05, 3.63) is 53.7 Å². The Morgan fingerprint density at radius 3 is 2.83 bits per heavy atom. The van der Waals surface area contributed by atoms with E-state index in [2.05, 4.69) is 20.3 Å². The van der Waals surface area contributed by atoms with Gasteiger partial charge in [-0.05, 0) is 18.6 Å². The fraction of sp³-hybridized carbons (Fsp3) is 0.292. The van der Waals surface area contributed by atoms with Gasteiger partial charge in [-0.3, -0.25) is 14.8 Å². The quantitative estimate of drug-likeness (QED) is 0.500. The Balaban J connectivity index is 1.96. The predicted molar refractivity (Wildman–Crippen MR) is 130 cm³/mol. The number of pyridine rings is 1. The number of nitrogens with two attached hydrogens (primary N) is 1. The van der Waals surface area contributed by atoms with Crippen LogP contribution >= 0.6 is 0 Å². The van der Waals surface area contributed by atoms with Crippen molar-refractivity contribution in [3.8, 4) is 11.5 Å². The molecule has 1 saturated heterocycles. The lowest BCUT2D eigenvalue weighted by Crippen LogP contribution is -2.34. The molecule has 0 bridgehead atoms. The van der Waals surface area contributed by atoms with E-state index in [0.29, 0.717) is 53.1 Å². The molecule has 1 fully saturated rings. The van der Waals surface area contributed by atoms with Crippen molar-refractivity contribution >= 4 is 34.5 Å². The Morgan fingerprint density at radius 2 is 2.17 bits per heavy atom. The third-order valence-corrected chi connectivity index (χ3v) is 5.62. The smallest absolute Gasteiger partial charge is 0.220 e. The van der Waals surface area contributed by atoms with E-state index >= 15 is 4.39 Å². The number of aromatic nitrogens is 3. The molecule has 3 aromatic rings. The zero-order chi connectivity index (χ0) is 24.9. The topological polar surface area (TPSA) is 129 Å². The molecule has 4 rings (SSSR count). The third-order valence-electron chi connectivity index (χ3n) is 5.62. The van der Waals surface area contributed by atoms with Gasteiger partial charge in [-0.25, -0.2) is 14.4 Å². The largest absolute Gasteiger partial charge is 0.497 e. The number of aliphatic imine (C=N–C) groups is 1. The number of halogens is 1. The minimum atomic E-state index is -0.624. The molecule has 3 heterocycles. The standard InChI is InChI=1S/C24H26FN7O3/c1-27-11-14(10-26)19-12-28-17-5-6-21(30-18-8-16(34-2)9-20(35-3)23(18)25)32(24(17)31-19)13-15-4-7-22(33)29-15/h5-6,8-12,15H,4,7,13,26H2,1-3H3,(H,29,33)/b14-10+,27-11?,30-21?. The highest BCUT2D eigenvalue weighted by molar-refractivity contribution is 6.08. The minimum absolute atomic E-state index is 0.0113. The summed E-state index contributed by atoms with van der Waals surface area (Å²) in [6.45, 7) is 0.367. The van der Waals surface area contributed by atoms with Gasteiger partial charge in [0.2, 0.25) is 5.91 Å². The zero-order valence-corrected chi connectivity index (χ0v) is 19.7. The average molecular weight is 480 g/mol. The summed E-state index contributed by atoms with van der Waals surface area (Å²) in [4.78, 5) is 29.7. The lowest BCUT2D eigenvalue weighted by Gasteiger charge is -2.16. The molecule has 10 nitrogen and oxygen atoms in total. The number of amides is 1. The van der Waals surface area contributed by atoms with Crippen LogP contribution in [0.5, 0.6) is 11.5 Å². The van der Waals surface area contributed by atoms with Crippen LogP contribution < -0.4 is 26.0 Å². The van der Waals surface area contributed by atoms with Crippen molar-refractivity contribution in [2.45, 2.75) is 25.4 Å². The van der Waals surface area contributed by atoms with Crippen LogP contribution in [0.2, 0.25) is 0 Å². The van der Waals surface area contributed by atoms with Gasteiger partial charge < -0.3 is 25.1 Å². The first-order valence-corrected chi connectivity index (χ1v) is 10.9. The maximum absolute atomic E-state index is 15.1. The van der Waals surface area contributed by atoms with Crippen molar-refractivity contribution in [1.82, 2.24) is 19.9 Å². The van der Waals surface area contributed by atoms with Crippen LogP contribution in [-0.2, 0) is 11.3 Å². The summed E-state index contributed by atoms with van der Waals surface area (Å²) < 4.78 is 27.3. The molecule has 1 atom stereocenters. The van der Waals surface area contributed by atoms with Crippen LogP contribution in [0.4, 0.5) is 10.1 Å². The molecular weight excluding hydrogens is 453 g/mol. The molecule has 11 heteroatoms. The summed E-state index contributed by atoms with van der Waals surface area (Å²) >= 11 is 0. The van der Waals surface area contributed by atoms with Gasteiger partial charge in [0.25, 0.3) is 0 Å². The molecule has 0 radical (unpaired) electrons. The number of benzene rings is 1. The fourth-order valence-electron chi connectivity index (χ4n) is 3.87. The first-order valence-electron chi connectivity index (χ1n) is 10.9. The predicted octanol–water partition coefficient (Wildman–Crippen LogP) is 2.10. The summed E-state index contributed by atoms with van der Waals surface area (Å²) in [5.41, 5.74) is 8.43. The van der Waals surface area contributed by atoms with Crippen molar-refractivity contribution in [3.63, 3.8) is 0 Å². The maximum Gasteiger partial charge on any atom is 0.220 e. The number of allylic oxidation sites excluding steroid dienone is 1. The van der Waals surface area contributed by atoms with E-state index in [4.69, 9.17) is 20.2 Å². The molecule has 182 valence electrons. The zero-order valence-electron chi connectivity index (χ0n) is 19.7. The van der Waals surface area contributed by atoms with Crippen molar-refractivity contribution in [2.75, 3.05) is 21.3 Å². The van der Waals surface area contributed by atoms with Crippen LogP contribution in [0.15, 0.2) is 46.6 Å². The van der Waals surface area contributed by atoms with Gasteiger partial charge in [0.15, 0.2) is 17.2 Å². The van der Waals surface area contributed by atoms with Crippen LogP contribution in [-0.4, -0.2) is 54.0 Å². The van der Waals surface area contributed by atoms with Gasteiger partial charge in [0, 0.05) is 56.2 Å². The van der Waals surface area contributed by atoms with Crippen LogP contribution in [0.1, 0.15) is 18.5 Å². The number of ether oxygens (including phenoxy) is 2. The summed E-state index contributed by atoms with van der Waals surface area (Å²) in [6, 6.07) is 6.28. The molecule has 0 spiro atoms. The highest BCUT2D eigenvalue weighted by atomic mass is 19.1. The van der Waals surface area contributed by atoms with E-state index in [1.807, 2.05) is 4.57 Å². The van der Waals surface area contributed by atoms with Crippen molar-refractivity contribution < 1.29 is 18.7 Å². The second kappa shape index (κ2) is 10.3. The van der Waals surface area contributed by atoms with Crippen LogP contribution in [0.3, 0.4) is 0 Å². The number of carbonyl (C=O) groups is 1. The molecule has 1 aromatic carbocycles. The number of hydrogen-bond donors (Lipinski definition) is 2. The number of rotatable bonds is 7. The fourth-order valence-corrected chi connectivity index (χ4v) is 3.87. The van der Waals surface area contributed by atoms with Gasteiger partial charge in [-0.1, -0.05) is 0 Å². The number of fused-ring (bicyclic) bond motifs is 1. The second-order valence-corrected chi connectivity index (χ2v) is 7.85. The van der Waals surface area contributed by atoms with Crippen molar-refractivity contribution in [1.29, 1.82) is 0 Å². The monoisotopic (exact) mass is 479 g/mol. The van der Waals surface area contributed by atoms with Gasteiger partial charge in [-0.15, -0.1) is 0 Å². The number of carbonyl (C=O) groups excluding carboxylic acids is 1. The Morgan fingerprint density at radius 1 is 1.34 bits per heavy atom. The molecule has 1 amide bonds. The third kappa shape index (κ3) is 4.98. The second-order valence-electron chi connectivity index (χ2n) is 7.85. The first-order chi connectivity index (χ1) is 17.0. The van der Waals surface area contributed by atoms with Crippen LogP contribution in [0.25, 0.3) is 16.7 Å². The molecule has 1 aliphatic rings. The van der Waals surface area contributed by atoms with E-state index in [9.17, 15) is 4.79 Å². The Bertz CT molecular complexity index is 1400. The summed E-state index contributed by atoms with van der Waals surface area (Å²) in [5.74, 6) is -0.230. The highest BCUT2D eigenvalue weighted by Crippen LogP contribution is 2.32. The number of methoxy groups -OCH3 is 2. The highest BCUT2D eigenvalue weighted by Gasteiger charge is 2.22. The number of hydrogen-bond acceptors (Lipinski definition) is 8. The van der Waals surface area contributed by atoms with E-state index in [1.54, 1.807) is 31.6 Å². The van der Waals surface area contributed by atoms with E-state index < -0.39 is 5.82 Å². The number of nitrogens with one attached hydrogen (secondary N) is 1. The molecular formula is C24H26FN7O3. The Hall–Kier alpha value is -4.28. The number of nitrogens with zero attached hydrogens (tertiary/aromatic N) is 5.